The molecule has 1 N–H and O–H groups in total. The van der Waals surface area contributed by atoms with Crippen LogP contribution in [-0.4, -0.2) is 54.9 Å². The molecule has 0 saturated carbocycles. The summed E-state index contributed by atoms with van der Waals surface area (Å²) in [5, 5.41) is 8.92. The van der Waals surface area contributed by atoms with Crippen LogP contribution in [-0.2, 0) is 4.74 Å². The summed E-state index contributed by atoms with van der Waals surface area (Å²) in [4.78, 5) is 13.2. The average molecular weight is 279 g/mol. The van der Waals surface area contributed by atoms with Crippen molar-refractivity contribution in [3.63, 3.8) is 0 Å². The molecule has 1 aliphatic rings. The molecule has 1 aliphatic heterocycles. The standard InChI is InChI=1S/C15H21NO4/c1-3-16-6-7-19-13(9-16)10-20-14-5-4-12(15(17)18)8-11(14)2/h4-5,8,13H,3,6-7,9-10H2,1-2H3,(H,17,18). The molecule has 5 heteroatoms. The van der Waals surface area contributed by atoms with Gasteiger partial charge in [-0.25, -0.2) is 4.79 Å². The topological polar surface area (TPSA) is 59.0 Å². The Labute approximate surface area is 119 Å². The fraction of sp³-hybridized carbons (Fsp3) is 0.533. The first-order valence-corrected chi connectivity index (χ1v) is 6.91. The van der Waals surface area contributed by atoms with Crippen LogP contribution >= 0.6 is 0 Å². The van der Waals surface area contributed by atoms with Gasteiger partial charge in [0, 0.05) is 13.1 Å². The Morgan fingerprint density at radius 2 is 2.35 bits per heavy atom. The molecule has 2 rings (SSSR count). The molecule has 20 heavy (non-hydrogen) atoms. The minimum atomic E-state index is -0.922. The molecule has 1 atom stereocenters. The molecule has 0 aromatic heterocycles. The lowest BCUT2D eigenvalue weighted by atomic mass is 10.1. The fourth-order valence-electron chi connectivity index (χ4n) is 2.30. The first-order valence-electron chi connectivity index (χ1n) is 6.91. The third-order valence-electron chi connectivity index (χ3n) is 3.52. The van der Waals surface area contributed by atoms with Gasteiger partial charge in [0.15, 0.2) is 0 Å². The minimum Gasteiger partial charge on any atom is -0.491 e. The summed E-state index contributed by atoms with van der Waals surface area (Å²) in [6.45, 7) is 8.08. The molecule has 0 radical (unpaired) electrons. The van der Waals surface area contributed by atoms with Crippen molar-refractivity contribution >= 4 is 5.97 Å². The van der Waals surface area contributed by atoms with Gasteiger partial charge in [0.1, 0.15) is 18.5 Å². The normalized spacial score (nSPS) is 19.8. The van der Waals surface area contributed by atoms with Crippen LogP contribution in [0.5, 0.6) is 5.75 Å². The lowest BCUT2D eigenvalue weighted by molar-refractivity contribution is -0.0464. The summed E-state index contributed by atoms with van der Waals surface area (Å²) in [6.07, 6.45) is 0.0715. The van der Waals surface area contributed by atoms with Gasteiger partial charge in [-0.2, -0.15) is 0 Å². The van der Waals surface area contributed by atoms with Crippen LogP contribution in [0.2, 0.25) is 0 Å². The summed E-state index contributed by atoms with van der Waals surface area (Å²) < 4.78 is 11.4. The van der Waals surface area contributed by atoms with E-state index in [0.29, 0.717) is 12.4 Å². The number of nitrogens with zero attached hydrogens (tertiary/aromatic N) is 1. The average Bonchev–Trinajstić information content (AvgIpc) is 2.46. The zero-order valence-electron chi connectivity index (χ0n) is 12.0. The molecule has 0 spiro atoms. The Morgan fingerprint density at radius 1 is 1.55 bits per heavy atom. The Hall–Kier alpha value is -1.59. The summed E-state index contributed by atoms with van der Waals surface area (Å²) in [7, 11) is 0. The van der Waals surface area contributed by atoms with Crippen molar-refractivity contribution in [2.24, 2.45) is 0 Å². The third-order valence-corrected chi connectivity index (χ3v) is 3.52. The van der Waals surface area contributed by atoms with E-state index in [1.165, 1.54) is 0 Å². The van der Waals surface area contributed by atoms with Crippen molar-refractivity contribution in [1.29, 1.82) is 0 Å². The number of hydrogen-bond acceptors (Lipinski definition) is 4. The number of aromatic carboxylic acids is 1. The maximum absolute atomic E-state index is 10.9. The van der Waals surface area contributed by atoms with Crippen molar-refractivity contribution in [3.05, 3.63) is 29.3 Å². The number of benzene rings is 1. The molecule has 1 aromatic carbocycles. The Morgan fingerprint density at radius 3 is 3.00 bits per heavy atom. The highest BCUT2D eigenvalue weighted by Crippen LogP contribution is 2.20. The molecular weight excluding hydrogens is 258 g/mol. The Bertz CT molecular complexity index is 475. The maximum Gasteiger partial charge on any atom is 0.335 e. The molecule has 1 fully saturated rings. The Kier molecular flexibility index (Phi) is 4.98. The molecule has 0 aliphatic carbocycles. The monoisotopic (exact) mass is 279 g/mol. The summed E-state index contributed by atoms with van der Waals surface area (Å²) >= 11 is 0. The smallest absolute Gasteiger partial charge is 0.335 e. The summed E-state index contributed by atoms with van der Waals surface area (Å²) in [5.74, 6) is -0.207. The van der Waals surface area contributed by atoms with Gasteiger partial charge in [-0.1, -0.05) is 6.92 Å². The predicted octanol–water partition coefficient (Wildman–Crippen LogP) is 1.79. The van der Waals surface area contributed by atoms with E-state index in [9.17, 15) is 4.79 Å². The van der Waals surface area contributed by atoms with Gasteiger partial charge in [0.05, 0.1) is 12.2 Å². The minimum absolute atomic E-state index is 0.0715. The van der Waals surface area contributed by atoms with E-state index < -0.39 is 5.97 Å². The zero-order chi connectivity index (χ0) is 14.5. The largest absolute Gasteiger partial charge is 0.491 e. The molecule has 0 amide bonds. The number of morpholine rings is 1. The van der Waals surface area contributed by atoms with E-state index in [0.717, 1.165) is 31.8 Å². The first-order chi connectivity index (χ1) is 9.60. The van der Waals surface area contributed by atoms with Gasteiger partial charge in [-0.05, 0) is 37.2 Å². The van der Waals surface area contributed by atoms with E-state index in [1.54, 1.807) is 18.2 Å². The molecule has 1 unspecified atom stereocenters. The summed E-state index contributed by atoms with van der Waals surface area (Å²) in [6, 6.07) is 4.89. The van der Waals surface area contributed by atoms with Crippen LogP contribution in [0.15, 0.2) is 18.2 Å². The highest BCUT2D eigenvalue weighted by atomic mass is 16.5. The van der Waals surface area contributed by atoms with Gasteiger partial charge in [-0.15, -0.1) is 0 Å². The molecule has 5 nitrogen and oxygen atoms in total. The molecule has 110 valence electrons. The lowest BCUT2D eigenvalue weighted by Crippen LogP contribution is -2.44. The maximum atomic E-state index is 10.9. The van der Waals surface area contributed by atoms with Crippen LogP contribution in [0.25, 0.3) is 0 Å². The molecular formula is C15H21NO4. The van der Waals surface area contributed by atoms with E-state index in [2.05, 4.69) is 11.8 Å². The van der Waals surface area contributed by atoms with E-state index >= 15 is 0 Å². The summed E-state index contributed by atoms with van der Waals surface area (Å²) in [5.41, 5.74) is 1.11. The molecule has 0 bridgehead atoms. The second kappa shape index (κ2) is 6.72. The number of aryl methyl sites for hydroxylation is 1. The quantitative estimate of drug-likeness (QED) is 0.890. The number of carboxylic acids is 1. The van der Waals surface area contributed by atoms with Gasteiger partial charge < -0.3 is 14.6 Å². The van der Waals surface area contributed by atoms with Gasteiger partial charge in [-0.3, -0.25) is 4.90 Å². The van der Waals surface area contributed by atoms with E-state index in [1.807, 2.05) is 6.92 Å². The molecule has 1 aromatic rings. The highest BCUT2D eigenvalue weighted by molar-refractivity contribution is 5.88. The van der Waals surface area contributed by atoms with Crippen molar-refractivity contribution in [3.8, 4) is 5.75 Å². The van der Waals surface area contributed by atoms with Gasteiger partial charge in [0.25, 0.3) is 0 Å². The number of hydrogen-bond donors (Lipinski definition) is 1. The first kappa shape index (κ1) is 14.8. The van der Waals surface area contributed by atoms with Gasteiger partial charge >= 0.3 is 5.97 Å². The molecule has 1 saturated heterocycles. The Balaban J connectivity index is 1.92. The predicted molar refractivity (Wildman–Crippen MR) is 75.5 cm³/mol. The van der Waals surface area contributed by atoms with Crippen LogP contribution in [0.3, 0.4) is 0 Å². The second-order valence-electron chi connectivity index (χ2n) is 4.98. The number of likely N-dealkylation sites (N-methyl/N-ethyl adjacent to an activating group) is 1. The third kappa shape index (κ3) is 3.71. The van der Waals surface area contributed by atoms with Crippen LogP contribution < -0.4 is 4.74 Å². The van der Waals surface area contributed by atoms with Crippen molar-refractivity contribution in [1.82, 2.24) is 4.90 Å². The zero-order valence-corrected chi connectivity index (χ0v) is 12.0. The lowest BCUT2D eigenvalue weighted by Gasteiger charge is -2.31. The van der Waals surface area contributed by atoms with Crippen LogP contribution in [0, 0.1) is 6.92 Å². The van der Waals surface area contributed by atoms with Crippen LogP contribution in [0.4, 0.5) is 0 Å². The van der Waals surface area contributed by atoms with E-state index in [4.69, 9.17) is 14.6 Å². The SMILES string of the molecule is CCN1CCOC(COc2ccc(C(=O)O)cc2C)C1. The number of ether oxygens (including phenoxy) is 2. The second-order valence-corrected chi connectivity index (χ2v) is 4.98. The van der Waals surface area contributed by atoms with Gasteiger partial charge in [0.2, 0.25) is 0 Å². The molecule has 1 heterocycles. The highest BCUT2D eigenvalue weighted by Gasteiger charge is 2.20. The van der Waals surface area contributed by atoms with Crippen LogP contribution in [0.1, 0.15) is 22.8 Å². The van der Waals surface area contributed by atoms with Crippen molar-refractivity contribution in [2.45, 2.75) is 20.0 Å². The van der Waals surface area contributed by atoms with Crippen molar-refractivity contribution in [2.75, 3.05) is 32.8 Å². The fourth-order valence-corrected chi connectivity index (χ4v) is 2.30. The number of rotatable bonds is 5. The number of carboxylic acid groups (broad SMARTS) is 1. The number of carbonyl (C=O) groups is 1. The van der Waals surface area contributed by atoms with Crippen molar-refractivity contribution < 1.29 is 19.4 Å². The van der Waals surface area contributed by atoms with E-state index in [-0.39, 0.29) is 11.7 Å².